The van der Waals surface area contributed by atoms with Crippen molar-refractivity contribution in [3.63, 3.8) is 0 Å². The molecule has 0 bridgehead atoms. The molecule has 1 saturated carbocycles. The number of methoxy groups -OCH3 is 1. The van der Waals surface area contributed by atoms with Gasteiger partial charge in [0.1, 0.15) is 11.9 Å². The van der Waals surface area contributed by atoms with Crippen LogP contribution in [0.3, 0.4) is 0 Å². The van der Waals surface area contributed by atoms with Crippen molar-refractivity contribution >= 4 is 14.3 Å². The zero-order valence-corrected chi connectivity index (χ0v) is 15.9. The van der Waals surface area contributed by atoms with Gasteiger partial charge in [-0.1, -0.05) is 20.8 Å². The Morgan fingerprint density at radius 2 is 1.87 bits per heavy atom. The summed E-state index contributed by atoms with van der Waals surface area (Å²) in [6.07, 6.45) is 5.26. The second-order valence-corrected chi connectivity index (χ2v) is 12.4. The highest BCUT2D eigenvalue weighted by atomic mass is 28.4. The average Bonchev–Trinajstić information content (AvgIpc) is 2.43. The average molecular weight is 337 g/mol. The molecule has 0 spiro atoms. The molecular formula is C17H27NO4Si. The summed E-state index contributed by atoms with van der Waals surface area (Å²) in [7, 11) is -0.365. The van der Waals surface area contributed by atoms with Gasteiger partial charge in [0.15, 0.2) is 8.32 Å². The van der Waals surface area contributed by atoms with Crippen LogP contribution in [-0.4, -0.2) is 38.6 Å². The molecule has 1 aromatic heterocycles. The Morgan fingerprint density at radius 3 is 2.43 bits per heavy atom. The molecule has 1 aromatic rings. The first kappa shape index (κ1) is 17.9. The first-order valence-corrected chi connectivity index (χ1v) is 10.9. The summed E-state index contributed by atoms with van der Waals surface area (Å²) >= 11 is 0. The molecule has 0 aromatic carbocycles. The zero-order valence-electron chi connectivity index (χ0n) is 14.9. The number of aromatic nitrogens is 1. The Hall–Kier alpha value is -1.40. The van der Waals surface area contributed by atoms with Gasteiger partial charge in [-0.25, -0.2) is 4.79 Å². The normalized spacial score (nSPS) is 21.5. The third-order valence-corrected chi connectivity index (χ3v) is 9.29. The molecule has 0 aliphatic heterocycles. The molecule has 0 unspecified atom stereocenters. The molecule has 23 heavy (non-hydrogen) atoms. The van der Waals surface area contributed by atoms with Crippen LogP contribution in [0.4, 0.5) is 0 Å². The van der Waals surface area contributed by atoms with Gasteiger partial charge >= 0.3 is 5.97 Å². The molecule has 0 radical (unpaired) electrons. The van der Waals surface area contributed by atoms with Crippen molar-refractivity contribution in [3.8, 4) is 5.75 Å². The van der Waals surface area contributed by atoms with Gasteiger partial charge in [0.2, 0.25) is 0 Å². The molecule has 2 rings (SSSR count). The van der Waals surface area contributed by atoms with Crippen LogP contribution in [-0.2, 0) is 9.16 Å². The lowest BCUT2D eigenvalue weighted by Gasteiger charge is -2.44. The van der Waals surface area contributed by atoms with Crippen molar-refractivity contribution < 1.29 is 18.7 Å². The number of pyridine rings is 1. The molecule has 128 valence electrons. The van der Waals surface area contributed by atoms with E-state index in [-0.39, 0.29) is 17.2 Å². The van der Waals surface area contributed by atoms with Crippen molar-refractivity contribution in [2.24, 2.45) is 0 Å². The van der Waals surface area contributed by atoms with Crippen LogP contribution in [0, 0.1) is 0 Å². The molecule has 0 amide bonds. The number of esters is 1. The summed E-state index contributed by atoms with van der Waals surface area (Å²) in [5, 5.41) is 0.220. The Balaban J connectivity index is 1.86. The number of hydrogen-bond acceptors (Lipinski definition) is 5. The number of ether oxygens (including phenoxy) is 2. The molecular weight excluding hydrogens is 310 g/mol. The summed E-state index contributed by atoms with van der Waals surface area (Å²) in [6.45, 7) is 11.3. The third kappa shape index (κ3) is 4.32. The Morgan fingerprint density at radius 1 is 1.22 bits per heavy atom. The standard InChI is InChI=1S/C17H27NO4Si/c1-17(2,3)23(5,6)22-14-8-13(9-14)21-15-7-12(10-18-11-15)16(19)20-4/h7,10-11,13-14H,8-9H2,1-6H3. The van der Waals surface area contributed by atoms with Crippen molar-refractivity contribution in [3.05, 3.63) is 24.0 Å². The van der Waals surface area contributed by atoms with E-state index in [0.717, 1.165) is 12.8 Å². The first-order valence-electron chi connectivity index (χ1n) is 8.00. The van der Waals surface area contributed by atoms with Gasteiger partial charge in [-0.15, -0.1) is 0 Å². The minimum absolute atomic E-state index is 0.125. The van der Waals surface area contributed by atoms with E-state index in [4.69, 9.17) is 13.9 Å². The maximum atomic E-state index is 11.5. The predicted octanol–water partition coefficient (Wildman–Crippen LogP) is 3.80. The zero-order chi connectivity index (χ0) is 17.3. The van der Waals surface area contributed by atoms with Gasteiger partial charge in [0.05, 0.1) is 25.0 Å². The summed E-state index contributed by atoms with van der Waals surface area (Å²) < 4.78 is 16.9. The van der Waals surface area contributed by atoms with Crippen molar-refractivity contribution in [2.75, 3.05) is 7.11 Å². The molecule has 1 aliphatic rings. The Labute approximate surface area is 139 Å². The van der Waals surface area contributed by atoms with Crippen molar-refractivity contribution in [1.82, 2.24) is 4.98 Å². The minimum Gasteiger partial charge on any atom is -0.489 e. The van der Waals surface area contributed by atoms with Crippen molar-refractivity contribution in [2.45, 2.75) is 64.0 Å². The van der Waals surface area contributed by atoms with Crippen molar-refractivity contribution in [1.29, 1.82) is 0 Å². The molecule has 5 nitrogen and oxygen atoms in total. The van der Waals surface area contributed by atoms with Gasteiger partial charge in [0.25, 0.3) is 0 Å². The number of carbonyl (C=O) groups excluding carboxylic acids is 1. The number of nitrogens with zero attached hydrogens (tertiary/aromatic N) is 1. The molecule has 0 saturated heterocycles. The van der Waals surface area contributed by atoms with E-state index >= 15 is 0 Å². The predicted molar refractivity (Wildman–Crippen MR) is 91.3 cm³/mol. The fourth-order valence-electron chi connectivity index (χ4n) is 2.21. The van der Waals surface area contributed by atoms with E-state index in [9.17, 15) is 4.79 Å². The molecule has 0 atom stereocenters. The summed E-state index contributed by atoms with van der Waals surface area (Å²) in [5.41, 5.74) is 0.401. The van der Waals surface area contributed by atoms with E-state index in [1.54, 1.807) is 12.3 Å². The highest BCUT2D eigenvalue weighted by Crippen LogP contribution is 2.40. The van der Waals surface area contributed by atoms with Crippen LogP contribution in [0.2, 0.25) is 18.1 Å². The third-order valence-electron chi connectivity index (χ3n) is 4.76. The van der Waals surface area contributed by atoms with Crippen LogP contribution >= 0.6 is 0 Å². The highest BCUT2D eigenvalue weighted by Gasteiger charge is 2.43. The topological polar surface area (TPSA) is 57.7 Å². The first-order chi connectivity index (χ1) is 10.6. The smallest absolute Gasteiger partial charge is 0.339 e. The lowest BCUT2D eigenvalue weighted by atomic mass is 9.92. The number of hydrogen-bond donors (Lipinski definition) is 0. The fourth-order valence-corrected chi connectivity index (χ4v) is 3.59. The van der Waals surface area contributed by atoms with Crippen LogP contribution in [0.1, 0.15) is 44.0 Å². The Kier molecular flexibility index (Phi) is 5.16. The van der Waals surface area contributed by atoms with E-state index in [2.05, 4.69) is 38.8 Å². The van der Waals surface area contributed by atoms with Gasteiger partial charge in [-0.3, -0.25) is 4.98 Å². The van der Waals surface area contributed by atoms with Gasteiger partial charge in [-0.2, -0.15) is 0 Å². The fraction of sp³-hybridized carbons (Fsp3) is 0.647. The van der Waals surface area contributed by atoms with Crippen LogP contribution < -0.4 is 4.74 Å². The lowest BCUT2D eigenvalue weighted by molar-refractivity contribution is -0.00339. The maximum absolute atomic E-state index is 11.5. The Bertz CT molecular complexity index is 562. The van der Waals surface area contributed by atoms with Crippen LogP contribution in [0.5, 0.6) is 5.75 Å². The second-order valence-electron chi connectivity index (χ2n) is 7.61. The minimum atomic E-state index is -1.72. The summed E-state index contributed by atoms with van der Waals surface area (Å²) in [6, 6.07) is 1.67. The number of carbonyl (C=O) groups is 1. The van der Waals surface area contributed by atoms with Gasteiger partial charge in [0, 0.05) is 19.0 Å². The highest BCUT2D eigenvalue weighted by molar-refractivity contribution is 6.74. The van der Waals surface area contributed by atoms with Gasteiger partial charge in [-0.05, 0) is 24.2 Å². The maximum Gasteiger partial charge on any atom is 0.339 e. The van der Waals surface area contributed by atoms with E-state index < -0.39 is 14.3 Å². The van der Waals surface area contributed by atoms with E-state index in [1.807, 2.05) is 0 Å². The molecule has 1 fully saturated rings. The second kappa shape index (κ2) is 6.61. The quantitative estimate of drug-likeness (QED) is 0.604. The van der Waals surface area contributed by atoms with E-state index in [1.165, 1.54) is 13.3 Å². The van der Waals surface area contributed by atoms with E-state index in [0.29, 0.717) is 11.3 Å². The monoisotopic (exact) mass is 337 g/mol. The summed E-state index contributed by atoms with van der Waals surface area (Å²) in [5.74, 6) is 0.194. The molecule has 1 aliphatic carbocycles. The lowest BCUT2D eigenvalue weighted by Crippen LogP contribution is -2.50. The summed E-state index contributed by atoms with van der Waals surface area (Å²) in [4.78, 5) is 15.5. The molecule has 1 heterocycles. The van der Waals surface area contributed by atoms with Crippen LogP contribution in [0.15, 0.2) is 18.5 Å². The SMILES string of the molecule is COC(=O)c1cncc(OC2CC(O[Si](C)(C)C(C)(C)C)C2)c1. The molecule has 6 heteroatoms. The molecule has 0 N–H and O–H groups in total. The van der Waals surface area contributed by atoms with Gasteiger partial charge < -0.3 is 13.9 Å². The van der Waals surface area contributed by atoms with Crippen LogP contribution in [0.25, 0.3) is 0 Å². The largest absolute Gasteiger partial charge is 0.489 e. The number of rotatable bonds is 5.